The summed E-state index contributed by atoms with van der Waals surface area (Å²) in [5.41, 5.74) is 1.77. The number of allylic oxidation sites excluding steroid dienone is 1. The molecule has 0 amide bonds. The third-order valence-corrected chi connectivity index (χ3v) is 5.64. The number of aliphatic carboxylic acids is 1. The first-order valence-corrected chi connectivity index (χ1v) is 6.97. The minimum atomic E-state index is -0.726. The molecule has 0 radical (unpaired) electrons. The van der Waals surface area contributed by atoms with Gasteiger partial charge in [-0.2, -0.15) is 0 Å². The number of hydrogen-bond donors (Lipinski definition) is 1. The minimum absolute atomic E-state index is 0.582. The number of carboxylic acids is 1. The molecule has 0 aromatic heterocycles. The van der Waals surface area contributed by atoms with Crippen molar-refractivity contribution in [3.05, 3.63) is 11.1 Å². The first-order chi connectivity index (χ1) is 8.06. The number of rotatable bonds is 2. The molecular formula is C15H22O2. The zero-order chi connectivity index (χ0) is 12.2. The molecule has 0 aromatic rings. The van der Waals surface area contributed by atoms with Crippen LogP contribution in [0.1, 0.15) is 46.0 Å². The quantitative estimate of drug-likeness (QED) is 0.743. The third kappa shape index (κ3) is 1.73. The van der Waals surface area contributed by atoms with Crippen LogP contribution in [0.15, 0.2) is 11.1 Å². The summed E-state index contributed by atoms with van der Waals surface area (Å²) in [7, 11) is 0. The Hall–Kier alpha value is -0.790. The largest absolute Gasteiger partial charge is 0.478 e. The second-order valence-electron chi connectivity index (χ2n) is 6.57. The highest BCUT2D eigenvalue weighted by Crippen LogP contribution is 2.58. The molecule has 0 saturated heterocycles. The first-order valence-electron chi connectivity index (χ1n) is 6.97. The Morgan fingerprint density at radius 1 is 0.941 bits per heavy atom. The molecule has 0 atom stereocenters. The molecular weight excluding hydrogens is 212 g/mol. The van der Waals surface area contributed by atoms with Crippen LogP contribution in [0, 0.1) is 29.6 Å². The van der Waals surface area contributed by atoms with Gasteiger partial charge in [-0.15, -0.1) is 0 Å². The average Bonchev–Trinajstić information content (AvgIpc) is 2.26. The molecule has 4 fully saturated rings. The lowest BCUT2D eigenvalue weighted by molar-refractivity contribution is -0.132. The Morgan fingerprint density at radius 2 is 1.41 bits per heavy atom. The molecule has 17 heavy (non-hydrogen) atoms. The fourth-order valence-electron chi connectivity index (χ4n) is 5.05. The Morgan fingerprint density at radius 3 is 1.82 bits per heavy atom. The van der Waals surface area contributed by atoms with Crippen molar-refractivity contribution in [1.29, 1.82) is 0 Å². The maximum Gasteiger partial charge on any atom is 0.331 e. The van der Waals surface area contributed by atoms with E-state index in [4.69, 9.17) is 5.11 Å². The van der Waals surface area contributed by atoms with Crippen LogP contribution in [0.2, 0.25) is 0 Å². The molecule has 0 spiro atoms. The van der Waals surface area contributed by atoms with Crippen LogP contribution in [0.3, 0.4) is 0 Å². The van der Waals surface area contributed by atoms with Gasteiger partial charge in [0.05, 0.1) is 0 Å². The van der Waals surface area contributed by atoms with E-state index in [1.165, 1.54) is 37.7 Å². The smallest absolute Gasteiger partial charge is 0.331 e. The van der Waals surface area contributed by atoms with E-state index in [1.807, 2.05) is 0 Å². The molecule has 0 heterocycles. The van der Waals surface area contributed by atoms with Gasteiger partial charge in [-0.05, 0) is 75.5 Å². The Labute approximate surface area is 103 Å². The van der Waals surface area contributed by atoms with Crippen LogP contribution in [0.25, 0.3) is 0 Å². The maximum absolute atomic E-state index is 11.1. The predicted molar refractivity (Wildman–Crippen MR) is 66.5 cm³/mol. The molecule has 0 aromatic carbocycles. The molecule has 2 nitrogen and oxygen atoms in total. The zero-order valence-electron chi connectivity index (χ0n) is 10.8. The van der Waals surface area contributed by atoms with Crippen molar-refractivity contribution in [2.45, 2.75) is 46.0 Å². The summed E-state index contributed by atoms with van der Waals surface area (Å²) in [5, 5.41) is 9.15. The van der Waals surface area contributed by atoms with Crippen molar-refractivity contribution in [3.63, 3.8) is 0 Å². The van der Waals surface area contributed by atoms with Gasteiger partial charge >= 0.3 is 5.97 Å². The fraction of sp³-hybridized carbons (Fsp3) is 0.800. The Kier molecular flexibility index (Phi) is 2.57. The number of carboxylic acid groups (broad SMARTS) is 1. The van der Waals surface area contributed by atoms with Gasteiger partial charge in [-0.3, -0.25) is 0 Å². The average molecular weight is 234 g/mol. The molecule has 2 heteroatoms. The number of hydrogen-bond acceptors (Lipinski definition) is 1. The van der Waals surface area contributed by atoms with Crippen LogP contribution >= 0.6 is 0 Å². The molecule has 4 aliphatic carbocycles. The normalized spacial score (nSPS) is 44.7. The predicted octanol–water partition coefficient (Wildman–Crippen LogP) is 3.48. The Balaban J connectivity index is 1.89. The molecule has 0 aliphatic heterocycles. The van der Waals surface area contributed by atoms with Gasteiger partial charge in [0.15, 0.2) is 0 Å². The van der Waals surface area contributed by atoms with Crippen LogP contribution in [-0.2, 0) is 4.79 Å². The molecule has 1 N–H and O–H groups in total. The molecule has 0 unspecified atom stereocenters. The van der Waals surface area contributed by atoms with Gasteiger partial charge in [-0.1, -0.05) is 5.57 Å². The lowest BCUT2D eigenvalue weighted by Gasteiger charge is -2.55. The molecule has 4 saturated carbocycles. The van der Waals surface area contributed by atoms with Gasteiger partial charge in [0.1, 0.15) is 0 Å². The summed E-state index contributed by atoms with van der Waals surface area (Å²) in [4.78, 5) is 11.1. The lowest BCUT2D eigenvalue weighted by Crippen LogP contribution is -2.45. The minimum Gasteiger partial charge on any atom is -0.478 e. The third-order valence-electron chi connectivity index (χ3n) is 5.64. The second kappa shape index (κ2) is 3.86. The SMILES string of the molecule is C/C(C(=O)O)=C(/C)C1C2CC3CC(C2)CC1C3. The van der Waals surface area contributed by atoms with E-state index in [0.717, 1.165) is 23.7 Å². The molecule has 94 valence electrons. The van der Waals surface area contributed by atoms with E-state index < -0.39 is 5.97 Å². The van der Waals surface area contributed by atoms with Crippen molar-refractivity contribution >= 4 is 5.97 Å². The van der Waals surface area contributed by atoms with Gasteiger partial charge in [0, 0.05) is 5.57 Å². The summed E-state index contributed by atoms with van der Waals surface area (Å²) >= 11 is 0. The van der Waals surface area contributed by atoms with E-state index in [1.54, 1.807) is 6.92 Å². The van der Waals surface area contributed by atoms with E-state index >= 15 is 0 Å². The van der Waals surface area contributed by atoms with E-state index in [0.29, 0.717) is 11.5 Å². The van der Waals surface area contributed by atoms with Crippen LogP contribution in [0.4, 0.5) is 0 Å². The number of carbonyl (C=O) groups is 1. The maximum atomic E-state index is 11.1. The Bertz CT molecular complexity index is 352. The fourth-order valence-corrected chi connectivity index (χ4v) is 5.05. The van der Waals surface area contributed by atoms with Gasteiger partial charge in [-0.25, -0.2) is 4.79 Å². The lowest BCUT2D eigenvalue weighted by atomic mass is 9.50. The highest BCUT2D eigenvalue weighted by atomic mass is 16.4. The van der Waals surface area contributed by atoms with Crippen molar-refractivity contribution in [3.8, 4) is 0 Å². The summed E-state index contributed by atoms with van der Waals surface area (Å²) in [5.74, 6) is 3.37. The monoisotopic (exact) mass is 234 g/mol. The molecule has 4 rings (SSSR count). The summed E-state index contributed by atoms with van der Waals surface area (Å²) in [6, 6.07) is 0. The molecule has 4 bridgehead atoms. The van der Waals surface area contributed by atoms with Crippen LogP contribution in [0.5, 0.6) is 0 Å². The van der Waals surface area contributed by atoms with Crippen molar-refractivity contribution < 1.29 is 9.90 Å². The van der Waals surface area contributed by atoms with Gasteiger partial charge in [0.25, 0.3) is 0 Å². The van der Waals surface area contributed by atoms with Gasteiger partial charge in [0.2, 0.25) is 0 Å². The standard InChI is InChI=1S/C15H22O2/c1-8(9(2)15(16)17)14-12-4-10-3-11(6-12)7-13(14)5-10/h10-14H,3-7H2,1-2H3,(H,16,17)/b9-8+. The highest BCUT2D eigenvalue weighted by molar-refractivity contribution is 5.86. The summed E-state index contributed by atoms with van der Waals surface area (Å²) in [6.07, 6.45) is 6.91. The second-order valence-corrected chi connectivity index (χ2v) is 6.57. The zero-order valence-corrected chi connectivity index (χ0v) is 10.8. The highest BCUT2D eigenvalue weighted by Gasteiger charge is 2.48. The topological polar surface area (TPSA) is 37.3 Å². The van der Waals surface area contributed by atoms with Crippen LogP contribution in [-0.4, -0.2) is 11.1 Å². The van der Waals surface area contributed by atoms with E-state index in [9.17, 15) is 4.79 Å². The first kappa shape index (κ1) is 11.3. The van der Waals surface area contributed by atoms with Crippen molar-refractivity contribution in [1.82, 2.24) is 0 Å². The summed E-state index contributed by atoms with van der Waals surface area (Å²) in [6.45, 7) is 3.85. The van der Waals surface area contributed by atoms with Gasteiger partial charge < -0.3 is 5.11 Å². The van der Waals surface area contributed by atoms with Crippen LogP contribution < -0.4 is 0 Å². The summed E-state index contributed by atoms with van der Waals surface area (Å²) < 4.78 is 0. The molecule has 4 aliphatic rings. The van der Waals surface area contributed by atoms with E-state index in [2.05, 4.69) is 6.92 Å². The van der Waals surface area contributed by atoms with E-state index in [-0.39, 0.29) is 0 Å². The van der Waals surface area contributed by atoms with Crippen molar-refractivity contribution in [2.24, 2.45) is 29.6 Å². The van der Waals surface area contributed by atoms with Crippen molar-refractivity contribution in [2.75, 3.05) is 0 Å².